The largest absolute Gasteiger partial charge is 0.388 e. The van der Waals surface area contributed by atoms with Gasteiger partial charge in [0, 0.05) is 17.6 Å². The summed E-state index contributed by atoms with van der Waals surface area (Å²) in [4.78, 5) is 4.31. The molecular weight excluding hydrogens is 274 g/mol. The fraction of sp³-hybridized carbons (Fsp3) is 0.667. The Morgan fingerprint density at radius 1 is 1.25 bits per heavy atom. The highest BCUT2D eigenvalue weighted by atomic mass is 32.2. The molecule has 0 amide bonds. The van der Waals surface area contributed by atoms with Crippen molar-refractivity contribution >= 4 is 9.84 Å². The number of aliphatic hydroxyl groups excluding tert-OH is 1. The second kappa shape index (κ2) is 5.82. The summed E-state index contributed by atoms with van der Waals surface area (Å²) < 4.78 is 23.4. The molecule has 1 aliphatic carbocycles. The van der Waals surface area contributed by atoms with Gasteiger partial charge in [-0.3, -0.25) is 4.98 Å². The van der Waals surface area contributed by atoms with Crippen molar-refractivity contribution < 1.29 is 13.5 Å². The van der Waals surface area contributed by atoms with Gasteiger partial charge in [0.25, 0.3) is 0 Å². The highest BCUT2D eigenvalue weighted by Crippen LogP contribution is 2.36. The number of aromatic nitrogens is 1. The van der Waals surface area contributed by atoms with E-state index in [-0.39, 0.29) is 11.2 Å². The molecule has 1 N–H and O–H groups in total. The molecule has 1 heterocycles. The van der Waals surface area contributed by atoms with Crippen molar-refractivity contribution in [2.24, 2.45) is 5.92 Å². The third kappa shape index (κ3) is 3.58. The van der Waals surface area contributed by atoms with E-state index in [4.69, 9.17) is 0 Å². The molecule has 1 aliphatic rings. The Kier molecular flexibility index (Phi) is 4.49. The zero-order chi connectivity index (χ0) is 14.9. The first-order valence-electron chi connectivity index (χ1n) is 7.09. The lowest BCUT2D eigenvalue weighted by molar-refractivity contribution is 0.0855. The molecule has 0 bridgehead atoms. The highest BCUT2D eigenvalue weighted by Gasteiger charge is 2.33. The number of aliphatic hydroxyl groups is 1. The van der Waals surface area contributed by atoms with Crippen molar-refractivity contribution in [2.75, 3.05) is 6.26 Å². The van der Waals surface area contributed by atoms with Crippen molar-refractivity contribution in [3.63, 3.8) is 0 Å². The molecule has 1 aromatic heterocycles. The molecular formula is C15H23NO3S. The van der Waals surface area contributed by atoms with E-state index in [1.165, 1.54) is 6.26 Å². The third-order valence-electron chi connectivity index (χ3n) is 4.16. The Labute approximate surface area is 121 Å². The minimum absolute atomic E-state index is 0.0182. The average molecular weight is 297 g/mol. The summed E-state index contributed by atoms with van der Waals surface area (Å²) in [5.74, 6) is 0.0182. The number of nitrogens with zero attached hydrogens (tertiary/aromatic N) is 1. The summed E-state index contributed by atoms with van der Waals surface area (Å²) in [6.07, 6.45) is 3.72. The van der Waals surface area contributed by atoms with E-state index in [1.807, 2.05) is 26.0 Å². The van der Waals surface area contributed by atoms with E-state index >= 15 is 0 Å². The predicted molar refractivity (Wildman–Crippen MR) is 79.3 cm³/mol. The zero-order valence-electron chi connectivity index (χ0n) is 12.3. The van der Waals surface area contributed by atoms with Gasteiger partial charge in [0.1, 0.15) is 9.84 Å². The Balaban J connectivity index is 2.18. The summed E-state index contributed by atoms with van der Waals surface area (Å²) in [6.45, 7) is 3.81. The minimum atomic E-state index is -3.01. The first-order valence-corrected chi connectivity index (χ1v) is 9.05. The summed E-state index contributed by atoms with van der Waals surface area (Å²) >= 11 is 0. The van der Waals surface area contributed by atoms with E-state index in [9.17, 15) is 13.5 Å². The summed E-state index contributed by atoms with van der Waals surface area (Å²) in [6, 6.07) is 3.78. The Hall–Kier alpha value is -0.940. The normalized spacial score (nSPS) is 25.4. The molecule has 2 rings (SSSR count). The molecule has 1 saturated carbocycles. The van der Waals surface area contributed by atoms with Crippen LogP contribution in [-0.4, -0.2) is 30.0 Å². The van der Waals surface area contributed by atoms with Gasteiger partial charge in [-0.1, -0.05) is 6.42 Å². The zero-order valence-corrected chi connectivity index (χ0v) is 13.2. The van der Waals surface area contributed by atoms with Gasteiger partial charge < -0.3 is 5.11 Å². The van der Waals surface area contributed by atoms with Gasteiger partial charge in [-0.05, 0) is 56.7 Å². The van der Waals surface area contributed by atoms with Gasteiger partial charge in [0.2, 0.25) is 0 Å². The maximum Gasteiger partial charge on any atom is 0.150 e. The van der Waals surface area contributed by atoms with Crippen LogP contribution in [0.25, 0.3) is 0 Å². The number of rotatable bonds is 3. The molecule has 20 heavy (non-hydrogen) atoms. The van der Waals surface area contributed by atoms with E-state index < -0.39 is 15.9 Å². The maximum absolute atomic E-state index is 11.7. The van der Waals surface area contributed by atoms with Gasteiger partial charge in [-0.25, -0.2) is 8.42 Å². The molecule has 1 fully saturated rings. The molecule has 4 nitrogen and oxygen atoms in total. The second-order valence-corrected chi connectivity index (χ2v) is 8.33. The molecule has 112 valence electrons. The van der Waals surface area contributed by atoms with Crippen LogP contribution in [0.15, 0.2) is 12.1 Å². The van der Waals surface area contributed by atoms with Crippen molar-refractivity contribution in [1.29, 1.82) is 0 Å². The van der Waals surface area contributed by atoms with Gasteiger partial charge >= 0.3 is 0 Å². The summed E-state index contributed by atoms with van der Waals surface area (Å²) in [7, 11) is -3.01. The van der Waals surface area contributed by atoms with Crippen LogP contribution in [0.5, 0.6) is 0 Å². The van der Waals surface area contributed by atoms with Crippen LogP contribution in [0.1, 0.15) is 48.7 Å². The Bertz CT molecular complexity index is 563. The fourth-order valence-electron chi connectivity index (χ4n) is 3.17. The first-order chi connectivity index (χ1) is 9.27. The Morgan fingerprint density at radius 3 is 2.40 bits per heavy atom. The third-order valence-corrected chi connectivity index (χ3v) is 5.80. The van der Waals surface area contributed by atoms with Gasteiger partial charge in [-0.2, -0.15) is 0 Å². The van der Waals surface area contributed by atoms with Crippen molar-refractivity contribution in [3.05, 3.63) is 29.1 Å². The number of hydrogen-bond acceptors (Lipinski definition) is 4. The molecule has 0 aliphatic heterocycles. The first kappa shape index (κ1) is 15.4. The van der Waals surface area contributed by atoms with Crippen molar-refractivity contribution in [1.82, 2.24) is 4.98 Å². The van der Waals surface area contributed by atoms with Crippen molar-refractivity contribution in [2.45, 2.75) is 50.9 Å². The lowest BCUT2D eigenvalue weighted by atomic mass is 9.82. The van der Waals surface area contributed by atoms with Crippen LogP contribution in [0.3, 0.4) is 0 Å². The molecule has 1 aromatic rings. The predicted octanol–water partition coefficient (Wildman–Crippen LogP) is 2.34. The quantitative estimate of drug-likeness (QED) is 0.930. The van der Waals surface area contributed by atoms with Gasteiger partial charge in [0.05, 0.1) is 11.4 Å². The maximum atomic E-state index is 11.7. The molecule has 0 saturated heterocycles. The average Bonchev–Trinajstić information content (AvgIpc) is 2.36. The highest BCUT2D eigenvalue weighted by molar-refractivity contribution is 7.91. The molecule has 0 spiro atoms. The van der Waals surface area contributed by atoms with E-state index in [0.29, 0.717) is 6.42 Å². The van der Waals surface area contributed by atoms with Crippen LogP contribution in [0, 0.1) is 19.8 Å². The van der Waals surface area contributed by atoms with E-state index in [0.717, 1.165) is 36.2 Å². The second-order valence-electron chi connectivity index (χ2n) is 6.01. The molecule has 3 unspecified atom stereocenters. The summed E-state index contributed by atoms with van der Waals surface area (Å²) in [5.41, 5.74) is 2.62. The number of hydrogen-bond donors (Lipinski definition) is 1. The van der Waals surface area contributed by atoms with Crippen LogP contribution in [0.4, 0.5) is 0 Å². The lowest BCUT2D eigenvalue weighted by Crippen LogP contribution is -2.30. The summed E-state index contributed by atoms with van der Waals surface area (Å²) in [5, 5.41) is 10.2. The van der Waals surface area contributed by atoms with Crippen LogP contribution >= 0.6 is 0 Å². The monoisotopic (exact) mass is 297 g/mol. The number of aryl methyl sites for hydroxylation is 2. The van der Waals surface area contributed by atoms with Gasteiger partial charge in [-0.15, -0.1) is 0 Å². The van der Waals surface area contributed by atoms with Crippen molar-refractivity contribution in [3.8, 4) is 0 Å². The molecule has 5 heteroatoms. The molecule has 0 radical (unpaired) electrons. The number of pyridine rings is 1. The lowest BCUT2D eigenvalue weighted by Gasteiger charge is -2.31. The molecule has 0 aromatic carbocycles. The number of sulfone groups is 1. The van der Waals surface area contributed by atoms with Crippen LogP contribution < -0.4 is 0 Å². The Morgan fingerprint density at radius 2 is 1.85 bits per heavy atom. The minimum Gasteiger partial charge on any atom is -0.388 e. The smallest absolute Gasteiger partial charge is 0.150 e. The molecule has 3 atom stereocenters. The van der Waals surface area contributed by atoms with Crippen LogP contribution in [-0.2, 0) is 9.84 Å². The van der Waals surface area contributed by atoms with Gasteiger partial charge in [0.15, 0.2) is 0 Å². The van der Waals surface area contributed by atoms with E-state index in [2.05, 4.69) is 4.98 Å². The standard InChI is InChI=1S/C15H23NO3S/c1-10-7-13(8-11(2)16-10)15(17)12-5-4-6-14(9-12)20(3,18)19/h7-8,12,14-15,17H,4-6,9H2,1-3H3. The SMILES string of the molecule is Cc1cc(C(O)C2CCCC(S(C)(=O)=O)C2)cc(C)n1. The van der Waals surface area contributed by atoms with E-state index in [1.54, 1.807) is 0 Å². The van der Waals surface area contributed by atoms with Crippen LogP contribution in [0.2, 0.25) is 0 Å². The fourth-order valence-corrected chi connectivity index (χ4v) is 4.36. The topological polar surface area (TPSA) is 67.3 Å².